The molecule has 0 radical (unpaired) electrons. The Kier molecular flexibility index (Phi) is 10.6. The molecule has 29 heavy (non-hydrogen) atoms. The fraction of sp³-hybridized carbons (Fsp3) is 0.789. The van der Waals surface area contributed by atoms with Crippen LogP contribution >= 0.6 is 0 Å². The van der Waals surface area contributed by atoms with Crippen molar-refractivity contribution in [2.45, 2.75) is 84.5 Å². The third kappa shape index (κ3) is 8.78. The highest BCUT2D eigenvalue weighted by molar-refractivity contribution is 5.73. The van der Waals surface area contributed by atoms with Gasteiger partial charge in [0.15, 0.2) is 18.5 Å². The average molecular weight is 417 g/mol. The smallest absolute Gasteiger partial charge is 0.303 e. The van der Waals surface area contributed by atoms with Crippen molar-refractivity contribution in [3.8, 4) is 0 Å². The normalized spacial score (nSPS) is 26.3. The first-order valence-electron chi connectivity index (χ1n) is 9.67. The molecule has 1 rings (SSSR count). The van der Waals surface area contributed by atoms with Crippen molar-refractivity contribution < 1.29 is 42.9 Å². The Morgan fingerprint density at radius 2 is 1.52 bits per heavy atom. The van der Waals surface area contributed by atoms with Crippen molar-refractivity contribution in [3.63, 3.8) is 0 Å². The van der Waals surface area contributed by atoms with Gasteiger partial charge in [0.1, 0.15) is 18.8 Å². The van der Waals surface area contributed by atoms with Crippen molar-refractivity contribution in [2.75, 3.05) is 13.2 Å². The van der Waals surface area contributed by atoms with Gasteiger partial charge in [-0.25, -0.2) is 0 Å². The van der Waals surface area contributed by atoms with E-state index in [-0.39, 0.29) is 6.61 Å². The zero-order chi connectivity index (χ0) is 22.0. The highest BCUT2D eigenvalue weighted by Gasteiger charge is 2.51. The first kappa shape index (κ1) is 24.8. The topological polar surface area (TPSA) is 126 Å². The van der Waals surface area contributed by atoms with Crippen molar-refractivity contribution in [3.05, 3.63) is 0 Å². The van der Waals surface area contributed by atoms with E-state index >= 15 is 0 Å². The third-order valence-electron chi connectivity index (χ3n) is 4.10. The molecule has 1 saturated heterocycles. The Labute approximate surface area is 170 Å². The lowest BCUT2D eigenvalue weighted by Crippen LogP contribution is -2.66. The van der Waals surface area contributed by atoms with Crippen LogP contribution < -0.4 is 5.32 Å². The standard InChI is InChI=1S/C19H31NO9/c1-6-7-8-9-25-19-16(20-11(2)21)18(28-14(5)24)17(27-13(4)23)15(29-19)10-26-12(3)22/h15-19H,6-10H2,1-5H3,(H,20,21)/t15-,16-,17+,18+,19-/m1/s1. The molecule has 1 aliphatic rings. The molecule has 0 aromatic rings. The van der Waals surface area contributed by atoms with Gasteiger partial charge in [0.2, 0.25) is 5.91 Å². The molecule has 0 aromatic heterocycles. The van der Waals surface area contributed by atoms with Crippen LogP contribution in [-0.2, 0) is 42.9 Å². The molecule has 10 heteroatoms. The minimum atomic E-state index is -1.11. The molecule has 0 spiro atoms. The average Bonchev–Trinajstić information content (AvgIpc) is 2.60. The number of rotatable bonds is 10. The van der Waals surface area contributed by atoms with Crippen LogP contribution in [0.4, 0.5) is 0 Å². The molecule has 0 bridgehead atoms. The van der Waals surface area contributed by atoms with Gasteiger partial charge in [-0.15, -0.1) is 0 Å². The second kappa shape index (κ2) is 12.4. The predicted octanol–water partition coefficient (Wildman–Crippen LogP) is 0.849. The minimum absolute atomic E-state index is 0.243. The number of nitrogens with one attached hydrogen (secondary N) is 1. The molecular formula is C19H31NO9. The predicted molar refractivity (Wildman–Crippen MR) is 99.5 cm³/mol. The Hall–Kier alpha value is -2.20. The Morgan fingerprint density at radius 3 is 2.03 bits per heavy atom. The number of unbranched alkanes of at least 4 members (excludes halogenated alkanes) is 2. The van der Waals surface area contributed by atoms with E-state index in [9.17, 15) is 19.2 Å². The maximum absolute atomic E-state index is 11.8. The van der Waals surface area contributed by atoms with E-state index in [4.69, 9.17) is 23.7 Å². The monoisotopic (exact) mass is 417 g/mol. The van der Waals surface area contributed by atoms with Gasteiger partial charge in [-0.05, 0) is 6.42 Å². The second-order valence-electron chi connectivity index (χ2n) is 6.80. The summed E-state index contributed by atoms with van der Waals surface area (Å²) in [6.07, 6.45) is -1.44. The summed E-state index contributed by atoms with van der Waals surface area (Å²) in [6.45, 7) is 7.06. The molecule has 1 heterocycles. The highest BCUT2D eigenvalue weighted by Crippen LogP contribution is 2.28. The highest BCUT2D eigenvalue weighted by atomic mass is 16.7. The van der Waals surface area contributed by atoms with Crippen LogP contribution in [0.15, 0.2) is 0 Å². The molecule has 166 valence electrons. The molecule has 0 saturated carbocycles. The lowest BCUT2D eigenvalue weighted by atomic mass is 9.96. The van der Waals surface area contributed by atoms with E-state index < -0.39 is 54.5 Å². The number of esters is 3. The molecular weight excluding hydrogens is 386 g/mol. The van der Waals surface area contributed by atoms with Crippen LogP contribution in [0.25, 0.3) is 0 Å². The molecule has 1 amide bonds. The van der Waals surface area contributed by atoms with Crippen LogP contribution in [0.5, 0.6) is 0 Å². The first-order valence-corrected chi connectivity index (χ1v) is 9.67. The summed E-state index contributed by atoms with van der Waals surface area (Å²) in [5, 5.41) is 2.65. The van der Waals surface area contributed by atoms with Crippen molar-refractivity contribution in [2.24, 2.45) is 0 Å². The van der Waals surface area contributed by atoms with E-state index in [0.717, 1.165) is 19.3 Å². The van der Waals surface area contributed by atoms with Gasteiger partial charge in [-0.1, -0.05) is 19.8 Å². The van der Waals surface area contributed by atoms with E-state index in [0.29, 0.717) is 6.61 Å². The Bertz CT molecular complexity index is 580. The van der Waals surface area contributed by atoms with Crippen molar-refractivity contribution in [1.82, 2.24) is 5.32 Å². The molecule has 0 aliphatic carbocycles. The van der Waals surface area contributed by atoms with Crippen LogP contribution in [0, 0.1) is 0 Å². The zero-order valence-corrected chi connectivity index (χ0v) is 17.6. The number of hydrogen-bond donors (Lipinski definition) is 1. The summed E-state index contributed by atoms with van der Waals surface area (Å²) in [6, 6.07) is -0.920. The van der Waals surface area contributed by atoms with Gasteiger partial charge in [0.05, 0.1) is 0 Å². The van der Waals surface area contributed by atoms with Crippen molar-refractivity contribution >= 4 is 23.8 Å². The molecule has 0 aromatic carbocycles. The second-order valence-corrected chi connectivity index (χ2v) is 6.80. The number of hydrogen-bond acceptors (Lipinski definition) is 9. The Morgan fingerprint density at radius 1 is 0.897 bits per heavy atom. The summed E-state index contributed by atoms with van der Waals surface area (Å²) in [4.78, 5) is 46.3. The van der Waals surface area contributed by atoms with Gasteiger partial charge >= 0.3 is 17.9 Å². The van der Waals surface area contributed by atoms with E-state index in [1.165, 1.54) is 27.7 Å². The third-order valence-corrected chi connectivity index (χ3v) is 4.10. The van der Waals surface area contributed by atoms with Crippen LogP contribution in [-0.4, -0.2) is 67.7 Å². The molecule has 0 unspecified atom stereocenters. The summed E-state index contributed by atoms with van der Waals surface area (Å²) in [5.74, 6) is -2.24. The Balaban J connectivity index is 3.17. The largest absolute Gasteiger partial charge is 0.463 e. The molecule has 1 fully saturated rings. The summed E-state index contributed by atoms with van der Waals surface area (Å²) < 4.78 is 27.4. The van der Waals surface area contributed by atoms with Gasteiger partial charge in [0.25, 0.3) is 0 Å². The summed E-state index contributed by atoms with van der Waals surface area (Å²) in [5.41, 5.74) is 0. The lowest BCUT2D eigenvalue weighted by molar-refractivity contribution is -0.277. The summed E-state index contributed by atoms with van der Waals surface area (Å²) >= 11 is 0. The maximum Gasteiger partial charge on any atom is 0.303 e. The van der Waals surface area contributed by atoms with E-state index in [1.807, 2.05) is 6.92 Å². The molecule has 10 nitrogen and oxygen atoms in total. The van der Waals surface area contributed by atoms with Gasteiger partial charge in [-0.2, -0.15) is 0 Å². The SMILES string of the molecule is CCCCCO[C@@H]1O[C@H](COC(C)=O)[C@H](OC(C)=O)[C@@H](OC(C)=O)[C@H]1NC(C)=O. The number of carbonyl (C=O) groups excluding carboxylic acids is 4. The fourth-order valence-electron chi connectivity index (χ4n) is 2.98. The molecule has 5 atom stereocenters. The number of amides is 1. The van der Waals surface area contributed by atoms with Gasteiger partial charge in [-0.3, -0.25) is 19.2 Å². The van der Waals surface area contributed by atoms with Crippen LogP contribution in [0.2, 0.25) is 0 Å². The first-order chi connectivity index (χ1) is 13.6. The zero-order valence-electron chi connectivity index (χ0n) is 17.6. The number of carbonyl (C=O) groups is 4. The quantitative estimate of drug-likeness (QED) is 0.313. The summed E-state index contributed by atoms with van der Waals surface area (Å²) in [7, 11) is 0. The fourth-order valence-corrected chi connectivity index (χ4v) is 2.98. The van der Waals surface area contributed by atoms with Gasteiger partial charge < -0.3 is 29.0 Å². The van der Waals surface area contributed by atoms with Gasteiger partial charge in [0, 0.05) is 34.3 Å². The molecule has 1 N–H and O–H groups in total. The van der Waals surface area contributed by atoms with E-state index in [2.05, 4.69) is 5.32 Å². The maximum atomic E-state index is 11.8. The van der Waals surface area contributed by atoms with Crippen LogP contribution in [0.3, 0.4) is 0 Å². The molecule has 1 aliphatic heterocycles. The number of ether oxygens (including phenoxy) is 5. The van der Waals surface area contributed by atoms with Crippen LogP contribution in [0.1, 0.15) is 53.9 Å². The van der Waals surface area contributed by atoms with Crippen molar-refractivity contribution in [1.29, 1.82) is 0 Å². The van der Waals surface area contributed by atoms with E-state index in [1.54, 1.807) is 0 Å². The minimum Gasteiger partial charge on any atom is -0.463 e. The lowest BCUT2D eigenvalue weighted by Gasteiger charge is -2.44.